The van der Waals surface area contributed by atoms with Gasteiger partial charge >= 0.3 is 23.9 Å². The zero-order valence-electron chi connectivity index (χ0n) is 39.2. The molecule has 72 heavy (non-hydrogen) atoms. The Hall–Kier alpha value is -8.32. The summed E-state index contributed by atoms with van der Waals surface area (Å²) >= 11 is 0. The van der Waals surface area contributed by atoms with Gasteiger partial charge in [-0.2, -0.15) is 0 Å². The first-order valence-corrected chi connectivity index (χ1v) is 22.6. The minimum atomic E-state index is -1.23. The predicted octanol–water partition coefficient (Wildman–Crippen LogP) is 2.85. The molecule has 0 radical (unpaired) electrons. The monoisotopic (exact) mass is 1000 g/mol. The van der Waals surface area contributed by atoms with Crippen LogP contribution in [0.3, 0.4) is 0 Å². The van der Waals surface area contributed by atoms with Gasteiger partial charge in [0, 0.05) is 34.6 Å². The molecule has 0 aliphatic heterocycles. The topological polar surface area (TPSA) is 398 Å². The number of rotatable bonds is 31. The third kappa shape index (κ3) is 20.0. The first-order chi connectivity index (χ1) is 34.5. The van der Waals surface area contributed by atoms with Gasteiger partial charge in [-0.3, -0.25) is 20.4 Å². The maximum atomic E-state index is 13.3. The second-order valence-electron chi connectivity index (χ2n) is 15.6. The summed E-state index contributed by atoms with van der Waals surface area (Å²) < 4.78 is 34.0. The van der Waals surface area contributed by atoms with E-state index in [0.717, 1.165) is 0 Å². The molecule has 2 unspecified atom stereocenters. The number of carbonyl (C=O) groups excluding carboxylic acids is 4. The fourth-order valence-corrected chi connectivity index (χ4v) is 6.45. The molecule has 24 nitrogen and oxygen atoms in total. The van der Waals surface area contributed by atoms with Crippen LogP contribution in [0.25, 0.3) is 0 Å². The van der Waals surface area contributed by atoms with Crippen LogP contribution >= 0.6 is 0 Å². The Balaban J connectivity index is 1.33. The van der Waals surface area contributed by atoms with Crippen LogP contribution in [0.15, 0.2) is 84.9 Å². The van der Waals surface area contributed by atoms with Gasteiger partial charge in [0.1, 0.15) is 48.3 Å². The van der Waals surface area contributed by atoms with E-state index in [2.05, 4.69) is 21.3 Å². The first kappa shape index (κ1) is 56.3. The Labute approximate surface area is 414 Å². The van der Waals surface area contributed by atoms with Crippen molar-refractivity contribution in [3.05, 3.63) is 107 Å². The number of esters is 2. The van der Waals surface area contributed by atoms with E-state index in [1.807, 2.05) is 0 Å². The number of carboxylic acid groups (broad SMARTS) is 2. The number of nitrogens with one attached hydrogen (secondary N) is 6. The molecule has 0 saturated heterocycles. The van der Waals surface area contributed by atoms with E-state index in [1.165, 1.54) is 84.9 Å². The molecule has 0 spiro atoms. The number of carboxylic acids is 2. The summed E-state index contributed by atoms with van der Waals surface area (Å²) in [5.74, 6) is -6.03. The van der Waals surface area contributed by atoms with E-state index in [4.69, 9.17) is 62.2 Å². The van der Waals surface area contributed by atoms with Crippen LogP contribution in [0, 0.1) is 10.8 Å². The zero-order chi connectivity index (χ0) is 52.4. The van der Waals surface area contributed by atoms with Crippen molar-refractivity contribution in [3.8, 4) is 23.0 Å². The first-order valence-electron chi connectivity index (χ1n) is 22.6. The second-order valence-corrected chi connectivity index (χ2v) is 15.6. The molecule has 0 saturated carbocycles. The van der Waals surface area contributed by atoms with Crippen LogP contribution in [0.4, 0.5) is 11.4 Å². The molecular weight excluding hydrogens is 941 g/mol. The number of amides is 2. The van der Waals surface area contributed by atoms with Crippen molar-refractivity contribution in [2.45, 2.75) is 50.6 Å². The van der Waals surface area contributed by atoms with E-state index in [-0.39, 0.29) is 110 Å². The van der Waals surface area contributed by atoms with Crippen LogP contribution in [-0.2, 0) is 19.1 Å². The second kappa shape index (κ2) is 29.7. The maximum absolute atomic E-state index is 13.3. The Morgan fingerprint density at radius 3 is 1.17 bits per heavy atom. The summed E-state index contributed by atoms with van der Waals surface area (Å²) in [4.78, 5) is 76.6. The fourth-order valence-electron chi connectivity index (χ4n) is 6.45. The normalized spacial score (nSPS) is 11.5. The smallest absolute Gasteiger partial charge is 0.343 e. The van der Waals surface area contributed by atoms with E-state index >= 15 is 0 Å². The van der Waals surface area contributed by atoms with Crippen molar-refractivity contribution in [1.82, 2.24) is 10.6 Å². The molecule has 16 N–H and O–H groups in total. The Morgan fingerprint density at radius 1 is 0.486 bits per heavy atom. The Morgan fingerprint density at radius 2 is 0.833 bits per heavy atom. The molecule has 0 fully saturated rings. The molecule has 386 valence electrons. The molecule has 0 aromatic heterocycles. The highest BCUT2D eigenvalue weighted by Crippen LogP contribution is 2.27. The average Bonchev–Trinajstić information content (AvgIpc) is 3.33. The molecule has 2 atom stereocenters. The molecule has 4 rings (SSSR count). The number of guanidine groups is 2. The summed E-state index contributed by atoms with van der Waals surface area (Å²) in [6.45, 7) is 1.02. The molecule has 4 aromatic carbocycles. The van der Waals surface area contributed by atoms with Gasteiger partial charge in [-0.25, -0.2) is 19.2 Å². The number of aliphatic carboxylic acids is 2. The number of hydrogen-bond acceptors (Lipinski definition) is 16. The number of ether oxygens (including phenoxy) is 6. The lowest BCUT2D eigenvalue weighted by atomic mass is 10.1. The van der Waals surface area contributed by atoms with Crippen molar-refractivity contribution >= 4 is 59.0 Å². The summed E-state index contributed by atoms with van der Waals surface area (Å²) in [6, 6.07) is 17.5. The van der Waals surface area contributed by atoms with E-state index < -0.39 is 47.8 Å². The van der Waals surface area contributed by atoms with Gasteiger partial charge in [-0.05, 0) is 124 Å². The summed E-state index contributed by atoms with van der Waals surface area (Å²) in [5.41, 5.74) is 22.9. The summed E-state index contributed by atoms with van der Waals surface area (Å²) in [6.07, 6.45) is 2.35. The van der Waals surface area contributed by atoms with Gasteiger partial charge in [0.05, 0.1) is 37.6 Å². The number of benzene rings is 4. The molecule has 24 heteroatoms. The summed E-state index contributed by atoms with van der Waals surface area (Å²) in [5, 5.41) is 44.4. The zero-order valence-corrected chi connectivity index (χ0v) is 39.2. The largest absolute Gasteiger partial charge is 0.491 e. The van der Waals surface area contributed by atoms with Crippen LogP contribution in [-0.4, -0.2) is 123 Å². The van der Waals surface area contributed by atoms with E-state index in [9.17, 15) is 39.0 Å². The number of nitrogens with two attached hydrogens (primary N) is 4. The minimum Gasteiger partial charge on any atom is -0.491 e. The van der Waals surface area contributed by atoms with E-state index in [0.29, 0.717) is 50.1 Å². The molecule has 2 amide bonds. The number of hydrogen-bond donors (Lipinski definition) is 12. The Kier molecular flexibility index (Phi) is 23.2. The molecule has 0 aliphatic rings. The van der Waals surface area contributed by atoms with Gasteiger partial charge in [0.15, 0.2) is 11.9 Å². The third-order valence-corrected chi connectivity index (χ3v) is 9.97. The molecular formula is C48H60N10O14. The predicted molar refractivity (Wildman–Crippen MR) is 263 cm³/mol. The summed E-state index contributed by atoms with van der Waals surface area (Å²) in [7, 11) is 0. The Bertz CT molecular complexity index is 2320. The van der Waals surface area contributed by atoms with Crippen molar-refractivity contribution in [2.24, 2.45) is 22.9 Å². The third-order valence-electron chi connectivity index (χ3n) is 9.97. The minimum absolute atomic E-state index is 0.0247. The van der Waals surface area contributed by atoms with Crippen molar-refractivity contribution in [1.29, 1.82) is 10.8 Å². The highest BCUT2D eigenvalue weighted by atomic mass is 16.6. The number of carbonyl (C=O) groups is 6. The van der Waals surface area contributed by atoms with Gasteiger partial charge < -0.3 is 82.8 Å². The average molecular weight is 1000 g/mol. The lowest BCUT2D eigenvalue weighted by Crippen LogP contribution is -2.40. The van der Waals surface area contributed by atoms with Crippen LogP contribution in [0.5, 0.6) is 23.0 Å². The van der Waals surface area contributed by atoms with Crippen molar-refractivity contribution in [2.75, 3.05) is 63.4 Å². The maximum Gasteiger partial charge on any atom is 0.343 e. The molecule has 0 bridgehead atoms. The van der Waals surface area contributed by atoms with Gasteiger partial charge in [0.2, 0.25) is 0 Å². The quantitative estimate of drug-likeness (QED) is 0.0113. The van der Waals surface area contributed by atoms with Crippen LogP contribution in [0.1, 0.15) is 80.0 Å². The van der Waals surface area contributed by atoms with Gasteiger partial charge in [-0.1, -0.05) is 0 Å². The van der Waals surface area contributed by atoms with E-state index in [1.54, 1.807) is 0 Å². The molecule has 0 aliphatic carbocycles. The van der Waals surface area contributed by atoms with Gasteiger partial charge in [-0.15, -0.1) is 0 Å². The SMILES string of the molecule is N=C(N)Nc1ccc(C(=O)Oc2cc(OCCOCCOCCOc3cc(OC(=O)c4ccc(NC(=N)N)cc4)cc(C(=O)NC(CCCCN)C(=O)O)c3)cc(C(=O)NC(CCCCN)C(=O)O)c2)cc1. The lowest BCUT2D eigenvalue weighted by Gasteiger charge is -2.16. The number of anilines is 2. The highest BCUT2D eigenvalue weighted by molar-refractivity contribution is 5.99. The molecule has 4 aromatic rings. The lowest BCUT2D eigenvalue weighted by molar-refractivity contribution is -0.140. The standard InChI is InChI=1S/C48H60N10O14/c49-15-3-1-5-39(43(61)62)57-41(59)31-23-35(27-37(25-31)71-45(65)29-7-11-33(12-8-29)55-47(51)52)69-21-19-67-17-18-68-20-22-70-36-24-32(42(60)58-40(44(63)64)6-2-4-16-50)26-38(28-36)72-46(66)30-9-13-34(14-10-30)56-48(53)54/h7-14,23-28,39-40H,1-6,15-22,49-50H2,(H,57,59)(H,58,60)(H,61,62)(H,63,64)(H4,51,52,55)(H4,53,54,56). The van der Waals surface area contributed by atoms with Crippen molar-refractivity contribution in [3.63, 3.8) is 0 Å². The van der Waals surface area contributed by atoms with Gasteiger partial charge in [0.25, 0.3) is 11.8 Å². The fraction of sp³-hybridized carbons (Fsp3) is 0.333. The van der Waals surface area contributed by atoms with Crippen molar-refractivity contribution < 1.29 is 67.4 Å². The van der Waals surface area contributed by atoms with Crippen LogP contribution in [0.2, 0.25) is 0 Å². The van der Waals surface area contributed by atoms with Crippen LogP contribution < -0.4 is 63.1 Å². The highest BCUT2D eigenvalue weighted by Gasteiger charge is 2.24. The number of unbranched alkanes of at least 4 members (excludes halogenated alkanes) is 2. The molecule has 0 heterocycles.